The Labute approximate surface area is 213 Å². The molecule has 0 saturated heterocycles. The van der Waals surface area contributed by atoms with Crippen LogP contribution in [0.3, 0.4) is 0 Å². The molecule has 0 unspecified atom stereocenters. The Morgan fingerprint density at radius 2 is 1.27 bits per heavy atom. The summed E-state index contributed by atoms with van der Waals surface area (Å²) in [6.07, 6.45) is 13.5. The van der Waals surface area contributed by atoms with Crippen LogP contribution in [0.1, 0.15) is 16.7 Å². The summed E-state index contributed by atoms with van der Waals surface area (Å²) < 4.78 is 1.90. The topological polar surface area (TPSA) is 93.4 Å². The maximum Gasteiger partial charge on any atom is 0.277 e. The zero-order valence-electron chi connectivity index (χ0n) is 20.2. The highest BCUT2D eigenvalue weighted by Gasteiger charge is 2.33. The molecule has 37 heavy (non-hydrogen) atoms. The Morgan fingerprint density at radius 1 is 0.757 bits per heavy atom. The average Bonchev–Trinajstić information content (AvgIpc) is 3.29. The van der Waals surface area contributed by atoms with Crippen LogP contribution in [0.5, 0.6) is 0 Å². The van der Waals surface area contributed by atoms with Crippen molar-refractivity contribution >= 4 is 28.1 Å². The SMILES string of the molecule is CN1C=CC(=C2C=C(c3cc[n+](C)cc3)C(c3ccccc3[N+](=O)[O-])=C2c2ccccc2[N+](=O)[O-])C=C1. The van der Waals surface area contributed by atoms with Gasteiger partial charge in [0.25, 0.3) is 11.4 Å². The zero-order valence-corrected chi connectivity index (χ0v) is 20.2. The van der Waals surface area contributed by atoms with Crippen molar-refractivity contribution in [2.45, 2.75) is 0 Å². The van der Waals surface area contributed by atoms with Crippen molar-refractivity contribution in [3.63, 3.8) is 0 Å². The molecule has 8 nitrogen and oxygen atoms in total. The standard InChI is InChI=1S/C29H23N4O4/c1-30-15-11-20(12-16-30)24-19-25(21-13-17-31(2)18-14-21)29(23-8-4-6-10-27(23)33(36)37)28(24)22-7-3-5-9-26(22)32(34)35/h3-19H,1-2H3/q+1. The van der Waals surface area contributed by atoms with Gasteiger partial charge in [-0.2, -0.15) is 0 Å². The zero-order chi connectivity index (χ0) is 26.1. The van der Waals surface area contributed by atoms with Gasteiger partial charge in [-0.05, 0) is 52.6 Å². The molecule has 0 atom stereocenters. The van der Waals surface area contributed by atoms with E-state index in [2.05, 4.69) is 0 Å². The number of aromatic nitrogens is 1. The summed E-state index contributed by atoms with van der Waals surface area (Å²) in [5.41, 5.74) is 5.03. The fourth-order valence-electron chi connectivity index (χ4n) is 4.62. The number of nitrogens with zero attached hydrogens (tertiary/aromatic N) is 4. The Balaban J connectivity index is 1.94. The van der Waals surface area contributed by atoms with Crippen LogP contribution in [0.15, 0.2) is 115 Å². The summed E-state index contributed by atoms with van der Waals surface area (Å²) in [7, 11) is 3.82. The third-order valence-corrected chi connectivity index (χ3v) is 6.40. The lowest BCUT2D eigenvalue weighted by Crippen LogP contribution is -2.25. The van der Waals surface area contributed by atoms with Crippen LogP contribution in [-0.2, 0) is 7.05 Å². The fourth-order valence-corrected chi connectivity index (χ4v) is 4.62. The van der Waals surface area contributed by atoms with Crippen molar-refractivity contribution in [2.24, 2.45) is 7.05 Å². The van der Waals surface area contributed by atoms with Crippen LogP contribution in [0.2, 0.25) is 0 Å². The van der Waals surface area contributed by atoms with Gasteiger partial charge in [-0.1, -0.05) is 24.3 Å². The third-order valence-electron chi connectivity index (χ3n) is 6.40. The fraction of sp³-hybridized carbons (Fsp3) is 0.0690. The van der Waals surface area contributed by atoms with E-state index in [1.165, 1.54) is 12.1 Å². The van der Waals surface area contributed by atoms with Crippen molar-refractivity contribution in [1.29, 1.82) is 0 Å². The number of pyridine rings is 1. The Morgan fingerprint density at radius 3 is 1.81 bits per heavy atom. The normalized spacial score (nSPS) is 14.9. The second kappa shape index (κ2) is 9.50. The first-order chi connectivity index (χ1) is 17.8. The first-order valence-corrected chi connectivity index (χ1v) is 11.6. The molecule has 3 aromatic rings. The monoisotopic (exact) mass is 491 g/mol. The smallest absolute Gasteiger partial charge is 0.277 e. The molecule has 1 aliphatic carbocycles. The van der Waals surface area contributed by atoms with Gasteiger partial charge in [0, 0.05) is 54.9 Å². The molecule has 0 bridgehead atoms. The first kappa shape index (κ1) is 23.6. The van der Waals surface area contributed by atoms with E-state index in [9.17, 15) is 20.2 Å². The minimum atomic E-state index is -0.414. The van der Waals surface area contributed by atoms with E-state index in [4.69, 9.17) is 0 Å². The summed E-state index contributed by atoms with van der Waals surface area (Å²) in [5.74, 6) is 0. The van der Waals surface area contributed by atoms with E-state index in [-0.39, 0.29) is 11.4 Å². The number of nitro benzene ring substituents is 2. The molecule has 1 aliphatic heterocycles. The average molecular weight is 492 g/mol. The van der Waals surface area contributed by atoms with Crippen LogP contribution in [0.4, 0.5) is 11.4 Å². The Hall–Kier alpha value is -5.11. The summed E-state index contributed by atoms with van der Waals surface area (Å²) >= 11 is 0. The van der Waals surface area contributed by atoms with E-state index < -0.39 is 9.85 Å². The van der Waals surface area contributed by atoms with Gasteiger partial charge in [0.05, 0.1) is 21.0 Å². The summed E-state index contributed by atoms with van der Waals surface area (Å²) in [5, 5.41) is 24.2. The van der Waals surface area contributed by atoms with Gasteiger partial charge in [0.15, 0.2) is 12.4 Å². The molecular formula is C29H23N4O4+. The molecule has 0 saturated carbocycles. The minimum absolute atomic E-state index is 0.0679. The summed E-state index contributed by atoms with van der Waals surface area (Å²) in [6.45, 7) is 0. The van der Waals surface area contributed by atoms with Gasteiger partial charge in [0.2, 0.25) is 0 Å². The highest BCUT2D eigenvalue weighted by Crippen LogP contribution is 2.51. The predicted octanol–water partition coefficient (Wildman–Crippen LogP) is 5.60. The number of rotatable bonds is 5. The molecule has 0 radical (unpaired) electrons. The number of hydrogen-bond acceptors (Lipinski definition) is 5. The van der Waals surface area contributed by atoms with Gasteiger partial charge in [0.1, 0.15) is 7.05 Å². The summed E-state index contributed by atoms with van der Waals surface area (Å²) in [4.78, 5) is 25.3. The van der Waals surface area contributed by atoms with Gasteiger partial charge >= 0.3 is 0 Å². The molecule has 0 spiro atoms. The van der Waals surface area contributed by atoms with Crippen molar-refractivity contribution in [3.05, 3.63) is 152 Å². The van der Waals surface area contributed by atoms with Gasteiger partial charge in [-0.3, -0.25) is 20.2 Å². The number of aryl methyl sites for hydroxylation is 1. The third kappa shape index (κ3) is 4.36. The molecule has 0 N–H and O–H groups in total. The maximum absolute atomic E-state index is 12.1. The number of nitro groups is 2. The molecule has 0 fully saturated rings. The molecule has 2 aromatic carbocycles. The second-order valence-electron chi connectivity index (χ2n) is 8.77. The molecule has 2 heterocycles. The van der Waals surface area contributed by atoms with Crippen LogP contribution in [0, 0.1) is 20.2 Å². The highest BCUT2D eigenvalue weighted by atomic mass is 16.6. The quantitative estimate of drug-likeness (QED) is 0.263. The molecule has 1 aromatic heterocycles. The van der Waals surface area contributed by atoms with Gasteiger partial charge in [-0.15, -0.1) is 0 Å². The molecular weight excluding hydrogens is 468 g/mol. The van der Waals surface area contributed by atoms with Crippen LogP contribution in [-0.4, -0.2) is 21.8 Å². The minimum Gasteiger partial charge on any atom is -0.357 e. The predicted molar refractivity (Wildman–Crippen MR) is 142 cm³/mol. The van der Waals surface area contributed by atoms with E-state index in [0.29, 0.717) is 22.3 Å². The van der Waals surface area contributed by atoms with Gasteiger partial charge in [-0.25, -0.2) is 4.57 Å². The lowest BCUT2D eigenvalue weighted by molar-refractivity contribution is -0.671. The van der Waals surface area contributed by atoms with Gasteiger partial charge < -0.3 is 4.90 Å². The molecule has 0 amide bonds. The van der Waals surface area contributed by atoms with E-state index in [0.717, 1.165) is 22.3 Å². The van der Waals surface area contributed by atoms with Crippen LogP contribution >= 0.6 is 0 Å². The highest BCUT2D eigenvalue weighted by molar-refractivity contribution is 6.25. The Kier molecular flexibility index (Phi) is 6.07. The maximum atomic E-state index is 12.1. The number of allylic oxidation sites excluding steroid dienone is 8. The molecule has 8 heteroatoms. The number of hydrogen-bond donors (Lipinski definition) is 0. The Bertz CT molecular complexity index is 1580. The lowest BCUT2D eigenvalue weighted by atomic mass is 9.87. The van der Waals surface area contributed by atoms with E-state index in [1.807, 2.05) is 78.7 Å². The van der Waals surface area contributed by atoms with Crippen molar-refractivity contribution < 1.29 is 14.4 Å². The van der Waals surface area contributed by atoms with Crippen molar-refractivity contribution in [2.75, 3.05) is 7.05 Å². The van der Waals surface area contributed by atoms with Crippen LogP contribution < -0.4 is 4.57 Å². The lowest BCUT2D eigenvalue weighted by Gasteiger charge is -2.17. The van der Waals surface area contributed by atoms with E-state index >= 15 is 0 Å². The second-order valence-corrected chi connectivity index (χ2v) is 8.77. The molecule has 5 rings (SSSR count). The van der Waals surface area contributed by atoms with Crippen LogP contribution in [0.25, 0.3) is 16.7 Å². The summed E-state index contributed by atoms with van der Waals surface area (Å²) in [6, 6.07) is 16.9. The number of para-hydroxylation sites is 2. The largest absolute Gasteiger partial charge is 0.357 e. The molecule has 182 valence electrons. The van der Waals surface area contributed by atoms with E-state index in [1.54, 1.807) is 36.4 Å². The van der Waals surface area contributed by atoms with Crippen molar-refractivity contribution in [3.8, 4) is 0 Å². The number of benzene rings is 2. The van der Waals surface area contributed by atoms with Crippen molar-refractivity contribution in [1.82, 2.24) is 4.90 Å². The molecule has 2 aliphatic rings. The first-order valence-electron chi connectivity index (χ1n) is 11.6.